The van der Waals surface area contributed by atoms with Gasteiger partial charge in [-0.15, -0.1) is 0 Å². The second kappa shape index (κ2) is 5.50. The van der Waals surface area contributed by atoms with Gasteiger partial charge in [-0.2, -0.15) is 0 Å². The summed E-state index contributed by atoms with van der Waals surface area (Å²) < 4.78 is 0. The molecule has 1 saturated heterocycles. The number of rotatable bonds is 3. The van der Waals surface area contributed by atoms with Crippen molar-refractivity contribution in [3.63, 3.8) is 0 Å². The van der Waals surface area contributed by atoms with Crippen LogP contribution < -0.4 is 5.32 Å². The van der Waals surface area contributed by atoms with Crippen LogP contribution in [0.2, 0.25) is 0 Å². The zero-order valence-corrected chi connectivity index (χ0v) is 11.4. The van der Waals surface area contributed by atoms with E-state index in [0.29, 0.717) is 0 Å². The standard InChI is InChI=1S/C14H20N2S/c1-3-11-7-5-8-12(4-2)13(11)15-14(17)16-9-6-10-16/h5,7-8H,3-4,6,9-10H2,1-2H3,(H,15,17). The maximum absolute atomic E-state index is 5.44. The maximum atomic E-state index is 5.44. The zero-order chi connectivity index (χ0) is 12.3. The Labute approximate surface area is 109 Å². The number of aryl methyl sites for hydroxylation is 2. The van der Waals surface area contributed by atoms with Crippen molar-refractivity contribution in [2.75, 3.05) is 18.4 Å². The lowest BCUT2D eigenvalue weighted by molar-refractivity contribution is 0.304. The predicted molar refractivity (Wildman–Crippen MR) is 77.6 cm³/mol. The Morgan fingerprint density at radius 1 is 1.24 bits per heavy atom. The molecule has 0 saturated carbocycles. The molecule has 0 aliphatic carbocycles. The van der Waals surface area contributed by atoms with Crippen molar-refractivity contribution in [1.82, 2.24) is 4.90 Å². The number of anilines is 1. The molecule has 92 valence electrons. The molecule has 1 aliphatic rings. The highest BCUT2D eigenvalue weighted by atomic mass is 32.1. The van der Waals surface area contributed by atoms with Crippen molar-refractivity contribution in [3.8, 4) is 0 Å². The van der Waals surface area contributed by atoms with Crippen molar-refractivity contribution in [3.05, 3.63) is 29.3 Å². The molecule has 0 amide bonds. The summed E-state index contributed by atoms with van der Waals surface area (Å²) in [7, 11) is 0. The molecule has 0 spiro atoms. The van der Waals surface area contributed by atoms with Crippen LogP contribution in [-0.2, 0) is 12.8 Å². The van der Waals surface area contributed by atoms with Crippen molar-refractivity contribution in [1.29, 1.82) is 0 Å². The summed E-state index contributed by atoms with van der Waals surface area (Å²) in [6.07, 6.45) is 3.34. The van der Waals surface area contributed by atoms with Gasteiger partial charge < -0.3 is 10.2 Å². The zero-order valence-electron chi connectivity index (χ0n) is 10.6. The van der Waals surface area contributed by atoms with Gasteiger partial charge in [-0.05, 0) is 42.6 Å². The average molecular weight is 248 g/mol. The maximum Gasteiger partial charge on any atom is 0.173 e. The predicted octanol–water partition coefficient (Wildman–Crippen LogP) is 3.21. The molecule has 0 unspecified atom stereocenters. The van der Waals surface area contributed by atoms with Crippen LogP contribution in [0, 0.1) is 0 Å². The number of para-hydroxylation sites is 1. The summed E-state index contributed by atoms with van der Waals surface area (Å²) in [6, 6.07) is 6.50. The molecule has 2 rings (SSSR count). The van der Waals surface area contributed by atoms with Gasteiger partial charge in [0.25, 0.3) is 0 Å². The summed E-state index contributed by atoms with van der Waals surface area (Å²) in [5.41, 5.74) is 3.94. The molecule has 1 N–H and O–H groups in total. The molecular formula is C14H20N2S. The topological polar surface area (TPSA) is 15.3 Å². The second-order valence-corrected chi connectivity index (χ2v) is 4.82. The van der Waals surface area contributed by atoms with Crippen molar-refractivity contribution >= 4 is 23.0 Å². The van der Waals surface area contributed by atoms with E-state index in [9.17, 15) is 0 Å². The van der Waals surface area contributed by atoms with E-state index < -0.39 is 0 Å². The number of benzene rings is 1. The van der Waals surface area contributed by atoms with Crippen molar-refractivity contribution in [2.45, 2.75) is 33.1 Å². The molecule has 0 radical (unpaired) electrons. The van der Waals surface area contributed by atoms with Crippen LogP contribution >= 0.6 is 12.2 Å². The Morgan fingerprint density at radius 2 is 1.82 bits per heavy atom. The molecule has 0 bridgehead atoms. The summed E-state index contributed by atoms with van der Waals surface area (Å²) >= 11 is 5.44. The van der Waals surface area contributed by atoms with E-state index in [0.717, 1.165) is 31.0 Å². The Kier molecular flexibility index (Phi) is 4.00. The van der Waals surface area contributed by atoms with Gasteiger partial charge in [-0.1, -0.05) is 32.0 Å². The van der Waals surface area contributed by atoms with Crippen LogP contribution in [0.15, 0.2) is 18.2 Å². The van der Waals surface area contributed by atoms with Gasteiger partial charge in [0, 0.05) is 18.8 Å². The van der Waals surface area contributed by atoms with E-state index in [1.165, 1.54) is 23.2 Å². The minimum Gasteiger partial charge on any atom is -0.349 e. The van der Waals surface area contributed by atoms with Crippen molar-refractivity contribution < 1.29 is 0 Å². The second-order valence-electron chi connectivity index (χ2n) is 4.43. The Morgan fingerprint density at radius 3 is 2.24 bits per heavy atom. The average Bonchev–Trinajstić information content (AvgIpc) is 2.26. The van der Waals surface area contributed by atoms with Gasteiger partial charge in [0.05, 0.1) is 0 Å². The highest BCUT2D eigenvalue weighted by molar-refractivity contribution is 7.80. The van der Waals surface area contributed by atoms with Gasteiger partial charge in [0.2, 0.25) is 0 Å². The molecule has 3 heteroatoms. The summed E-state index contributed by atoms with van der Waals surface area (Å²) in [5, 5.41) is 4.32. The lowest BCUT2D eigenvalue weighted by Gasteiger charge is -2.34. The van der Waals surface area contributed by atoms with Gasteiger partial charge in [0.1, 0.15) is 0 Å². The number of nitrogens with zero attached hydrogens (tertiary/aromatic N) is 1. The van der Waals surface area contributed by atoms with E-state index in [2.05, 4.69) is 42.3 Å². The monoisotopic (exact) mass is 248 g/mol. The highest BCUT2D eigenvalue weighted by Gasteiger charge is 2.18. The fourth-order valence-electron chi connectivity index (χ4n) is 2.11. The first-order valence-electron chi connectivity index (χ1n) is 6.43. The van der Waals surface area contributed by atoms with E-state index >= 15 is 0 Å². The summed E-state index contributed by atoms with van der Waals surface area (Å²) in [5.74, 6) is 0. The molecule has 0 aromatic heterocycles. The minimum atomic E-state index is 0.881. The van der Waals surface area contributed by atoms with Crippen LogP contribution in [0.25, 0.3) is 0 Å². The first-order valence-corrected chi connectivity index (χ1v) is 6.83. The van der Waals surface area contributed by atoms with Crippen LogP contribution in [-0.4, -0.2) is 23.1 Å². The smallest absolute Gasteiger partial charge is 0.173 e. The van der Waals surface area contributed by atoms with Crippen LogP contribution in [0.3, 0.4) is 0 Å². The van der Waals surface area contributed by atoms with E-state index in [-0.39, 0.29) is 0 Å². The third-order valence-corrected chi connectivity index (χ3v) is 3.73. The fraction of sp³-hybridized carbons (Fsp3) is 0.500. The molecule has 17 heavy (non-hydrogen) atoms. The largest absolute Gasteiger partial charge is 0.349 e. The van der Waals surface area contributed by atoms with E-state index in [1.807, 2.05) is 0 Å². The lowest BCUT2D eigenvalue weighted by atomic mass is 10.0. The van der Waals surface area contributed by atoms with E-state index in [1.54, 1.807) is 0 Å². The van der Waals surface area contributed by atoms with Gasteiger partial charge in [-0.3, -0.25) is 0 Å². The Hall–Kier alpha value is -1.09. The van der Waals surface area contributed by atoms with Gasteiger partial charge in [-0.25, -0.2) is 0 Å². The molecule has 1 aromatic carbocycles. The summed E-state index contributed by atoms with van der Waals surface area (Å²) in [4.78, 5) is 2.22. The minimum absolute atomic E-state index is 0.881. The molecule has 0 atom stereocenters. The number of nitrogens with one attached hydrogen (secondary N) is 1. The third-order valence-electron chi connectivity index (χ3n) is 3.37. The van der Waals surface area contributed by atoms with Gasteiger partial charge >= 0.3 is 0 Å². The van der Waals surface area contributed by atoms with E-state index in [4.69, 9.17) is 12.2 Å². The molecule has 2 nitrogen and oxygen atoms in total. The number of thiocarbonyl (C=S) groups is 1. The highest BCUT2D eigenvalue weighted by Crippen LogP contribution is 2.23. The third kappa shape index (κ3) is 2.60. The quantitative estimate of drug-likeness (QED) is 0.827. The van der Waals surface area contributed by atoms with Gasteiger partial charge in [0.15, 0.2) is 5.11 Å². The molecule has 1 heterocycles. The lowest BCUT2D eigenvalue weighted by Crippen LogP contribution is -2.44. The number of hydrogen-bond acceptors (Lipinski definition) is 1. The van der Waals surface area contributed by atoms with Crippen molar-refractivity contribution in [2.24, 2.45) is 0 Å². The summed E-state index contributed by atoms with van der Waals surface area (Å²) in [6.45, 7) is 6.57. The Balaban J connectivity index is 2.20. The SMILES string of the molecule is CCc1cccc(CC)c1NC(=S)N1CCC1. The number of likely N-dealkylation sites (tertiary alicyclic amines) is 1. The first-order chi connectivity index (χ1) is 8.26. The molecular weight excluding hydrogens is 228 g/mol. The molecule has 1 aliphatic heterocycles. The molecule has 1 fully saturated rings. The van der Waals surface area contributed by atoms with Crippen LogP contribution in [0.4, 0.5) is 5.69 Å². The number of hydrogen-bond donors (Lipinski definition) is 1. The fourth-order valence-corrected chi connectivity index (χ4v) is 2.39. The molecule has 1 aromatic rings. The normalized spacial score (nSPS) is 14.4. The Bertz CT molecular complexity index is 388. The van der Waals surface area contributed by atoms with Crippen LogP contribution in [0.1, 0.15) is 31.4 Å². The van der Waals surface area contributed by atoms with Crippen LogP contribution in [0.5, 0.6) is 0 Å². The first kappa shape index (κ1) is 12.4.